The molecule has 0 spiro atoms. The van der Waals surface area contributed by atoms with E-state index in [0.717, 1.165) is 28.8 Å². The Morgan fingerprint density at radius 3 is 2.81 bits per heavy atom. The summed E-state index contributed by atoms with van der Waals surface area (Å²) in [7, 11) is 1.55. The first-order valence-corrected chi connectivity index (χ1v) is 10.1. The van der Waals surface area contributed by atoms with Crippen LogP contribution in [0.5, 0.6) is 11.5 Å². The maximum Gasteiger partial charge on any atom is 0.336 e. The first-order valence-electron chi connectivity index (χ1n) is 10.1. The molecule has 1 aromatic heterocycles. The number of pyridine rings is 1. The summed E-state index contributed by atoms with van der Waals surface area (Å²) in [6.45, 7) is 2.06. The number of allylic oxidation sites excluding steroid dienone is 1. The number of aromatic carboxylic acids is 1. The summed E-state index contributed by atoms with van der Waals surface area (Å²) >= 11 is 0. The topological polar surface area (TPSA) is 92.4 Å². The number of aromatic nitrogens is 1. The fraction of sp³-hybridized carbons (Fsp3) is 0.240. The minimum absolute atomic E-state index is 0.0589. The second kappa shape index (κ2) is 8.49. The van der Waals surface area contributed by atoms with Crippen molar-refractivity contribution >= 4 is 28.5 Å². The molecule has 0 aliphatic heterocycles. The van der Waals surface area contributed by atoms with Crippen molar-refractivity contribution in [3.63, 3.8) is 0 Å². The number of carboxylic acid groups (broad SMARTS) is 1. The molecule has 1 atom stereocenters. The van der Waals surface area contributed by atoms with E-state index in [2.05, 4.69) is 6.92 Å². The molecule has 1 heterocycles. The van der Waals surface area contributed by atoms with Gasteiger partial charge in [-0.3, -0.25) is 0 Å². The van der Waals surface area contributed by atoms with Crippen LogP contribution in [0.4, 0.5) is 0 Å². The van der Waals surface area contributed by atoms with E-state index in [1.807, 2.05) is 48.5 Å². The Balaban J connectivity index is 1.86. The predicted molar refractivity (Wildman–Crippen MR) is 118 cm³/mol. The van der Waals surface area contributed by atoms with Crippen molar-refractivity contribution < 1.29 is 19.4 Å². The summed E-state index contributed by atoms with van der Waals surface area (Å²) in [5.41, 5.74) is 4.45. The number of rotatable bonds is 5. The molecule has 0 radical (unpaired) electrons. The van der Waals surface area contributed by atoms with E-state index in [1.54, 1.807) is 13.2 Å². The molecule has 156 valence electrons. The zero-order valence-electron chi connectivity index (χ0n) is 17.4. The molecule has 0 saturated carbocycles. The van der Waals surface area contributed by atoms with Crippen LogP contribution in [0.15, 0.2) is 42.5 Å². The Morgan fingerprint density at radius 2 is 2.06 bits per heavy atom. The number of benzene rings is 2. The molecule has 2 aromatic carbocycles. The van der Waals surface area contributed by atoms with Gasteiger partial charge in [0.2, 0.25) is 0 Å². The average Bonchev–Trinajstić information content (AvgIpc) is 2.76. The lowest BCUT2D eigenvalue weighted by Gasteiger charge is -2.26. The zero-order valence-corrected chi connectivity index (χ0v) is 17.4. The number of methoxy groups -OCH3 is 1. The summed E-state index contributed by atoms with van der Waals surface area (Å²) in [6.07, 6.45) is 3.50. The molecule has 0 bridgehead atoms. The lowest BCUT2D eigenvalue weighted by molar-refractivity contribution is 0.0697. The number of para-hydroxylation sites is 1. The molecule has 0 unspecified atom stereocenters. The summed E-state index contributed by atoms with van der Waals surface area (Å²) < 4.78 is 10.8. The first-order chi connectivity index (χ1) is 15.0. The molecule has 4 rings (SSSR count). The number of nitrogens with zero attached hydrogens (tertiary/aromatic N) is 2. The van der Waals surface area contributed by atoms with Crippen LogP contribution in [0.1, 0.15) is 40.5 Å². The van der Waals surface area contributed by atoms with Gasteiger partial charge in [-0.15, -0.1) is 0 Å². The smallest absolute Gasteiger partial charge is 0.336 e. The van der Waals surface area contributed by atoms with Gasteiger partial charge in [0, 0.05) is 5.39 Å². The van der Waals surface area contributed by atoms with Crippen molar-refractivity contribution in [2.24, 2.45) is 5.92 Å². The molecule has 3 aromatic rings. The van der Waals surface area contributed by atoms with Gasteiger partial charge in [-0.25, -0.2) is 9.78 Å². The average molecular weight is 414 g/mol. The van der Waals surface area contributed by atoms with E-state index in [1.165, 1.54) is 0 Å². The Labute approximate surface area is 180 Å². The minimum atomic E-state index is -0.927. The quantitative estimate of drug-likeness (QED) is 0.634. The van der Waals surface area contributed by atoms with Crippen LogP contribution in [-0.4, -0.2) is 29.8 Å². The van der Waals surface area contributed by atoms with Gasteiger partial charge in [-0.1, -0.05) is 31.2 Å². The molecular formula is C25H22N2O4. The van der Waals surface area contributed by atoms with Gasteiger partial charge in [0.15, 0.2) is 18.1 Å². The highest BCUT2D eigenvalue weighted by Crippen LogP contribution is 2.39. The van der Waals surface area contributed by atoms with Gasteiger partial charge in [0.1, 0.15) is 6.07 Å². The van der Waals surface area contributed by atoms with Gasteiger partial charge in [0.25, 0.3) is 0 Å². The maximum atomic E-state index is 12.2. The number of fused-ring (bicyclic) bond motifs is 2. The first kappa shape index (κ1) is 20.4. The monoisotopic (exact) mass is 414 g/mol. The third kappa shape index (κ3) is 3.95. The van der Waals surface area contributed by atoms with Gasteiger partial charge in [-0.05, 0) is 59.7 Å². The molecule has 1 aliphatic rings. The molecule has 1 N–H and O–H groups in total. The van der Waals surface area contributed by atoms with E-state index in [-0.39, 0.29) is 6.61 Å². The standard InChI is InChI=1S/C25H22N2O4/c1-15-11-17(13-16-7-8-21(31-10-9-26)22(14-16)30-2)24-19(12-15)23(25(28)29)18-5-3-4-6-20(18)27-24/h3-8,13-15H,10-12H2,1-2H3,(H,28,29)/b17-13-/t15-/m0/s1. The number of carbonyl (C=O) groups is 1. The lowest BCUT2D eigenvalue weighted by Crippen LogP contribution is -2.17. The van der Waals surface area contributed by atoms with E-state index in [9.17, 15) is 9.90 Å². The second-order valence-electron chi connectivity index (χ2n) is 7.68. The number of nitriles is 1. The van der Waals surface area contributed by atoms with Crippen molar-refractivity contribution in [3.8, 4) is 17.6 Å². The molecule has 6 heteroatoms. The SMILES string of the molecule is COc1cc(/C=C2/C[C@H](C)Cc3c2nc2ccccc2c3C(=O)O)ccc1OCC#N. The minimum Gasteiger partial charge on any atom is -0.493 e. The third-order valence-corrected chi connectivity index (χ3v) is 5.45. The molecule has 31 heavy (non-hydrogen) atoms. The van der Waals surface area contributed by atoms with Crippen molar-refractivity contribution in [2.45, 2.75) is 19.8 Å². The molecule has 0 amide bonds. The molecular weight excluding hydrogens is 392 g/mol. The Morgan fingerprint density at radius 1 is 1.26 bits per heavy atom. The van der Waals surface area contributed by atoms with Crippen LogP contribution in [-0.2, 0) is 6.42 Å². The van der Waals surface area contributed by atoms with Gasteiger partial charge in [-0.2, -0.15) is 5.26 Å². The molecule has 0 saturated heterocycles. The Kier molecular flexibility index (Phi) is 5.59. The van der Waals surface area contributed by atoms with E-state index >= 15 is 0 Å². The van der Waals surface area contributed by atoms with Crippen LogP contribution in [0.25, 0.3) is 22.6 Å². The van der Waals surface area contributed by atoms with E-state index < -0.39 is 5.97 Å². The summed E-state index contributed by atoms with van der Waals surface area (Å²) in [6, 6.07) is 14.8. The fourth-order valence-electron chi connectivity index (χ4n) is 4.18. The summed E-state index contributed by atoms with van der Waals surface area (Å²) in [5, 5.41) is 19.4. The fourth-order valence-corrected chi connectivity index (χ4v) is 4.18. The summed E-state index contributed by atoms with van der Waals surface area (Å²) in [5.74, 6) is 0.399. The van der Waals surface area contributed by atoms with Crippen molar-refractivity contribution in [2.75, 3.05) is 13.7 Å². The number of carboxylic acids is 1. The molecule has 1 aliphatic carbocycles. The van der Waals surface area contributed by atoms with Crippen molar-refractivity contribution in [1.29, 1.82) is 5.26 Å². The number of hydrogen-bond donors (Lipinski definition) is 1. The highest BCUT2D eigenvalue weighted by molar-refractivity contribution is 6.06. The second-order valence-corrected chi connectivity index (χ2v) is 7.68. The number of ether oxygens (including phenoxy) is 2. The molecule has 0 fully saturated rings. The predicted octanol–water partition coefficient (Wildman–Crippen LogP) is 4.97. The summed E-state index contributed by atoms with van der Waals surface area (Å²) in [4.78, 5) is 17.0. The lowest BCUT2D eigenvalue weighted by atomic mass is 9.80. The zero-order chi connectivity index (χ0) is 22.0. The van der Waals surface area contributed by atoms with Crippen LogP contribution < -0.4 is 9.47 Å². The van der Waals surface area contributed by atoms with Crippen molar-refractivity contribution in [3.05, 3.63) is 64.8 Å². The third-order valence-electron chi connectivity index (χ3n) is 5.45. The van der Waals surface area contributed by atoms with Gasteiger partial charge in [0.05, 0.1) is 23.9 Å². The molecule has 6 nitrogen and oxygen atoms in total. The van der Waals surface area contributed by atoms with Crippen LogP contribution in [0.3, 0.4) is 0 Å². The Hall–Kier alpha value is -3.85. The van der Waals surface area contributed by atoms with E-state index in [4.69, 9.17) is 19.7 Å². The van der Waals surface area contributed by atoms with E-state index in [0.29, 0.717) is 40.3 Å². The van der Waals surface area contributed by atoms with Crippen LogP contribution in [0.2, 0.25) is 0 Å². The maximum absolute atomic E-state index is 12.2. The largest absolute Gasteiger partial charge is 0.493 e. The van der Waals surface area contributed by atoms with Gasteiger partial charge >= 0.3 is 5.97 Å². The highest BCUT2D eigenvalue weighted by Gasteiger charge is 2.28. The van der Waals surface area contributed by atoms with Crippen LogP contribution >= 0.6 is 0 Å². The Bertz CT molecular complexity index is 1240. The normalized spacial score (nSPS) is 16.5. The number of hydrogen-bond acceptors (Lipinski definition) is 5. The van der Waals surface area contributed by atoms with Gasteiger partial charge < -0.3 is 14.6 Å². The van der Waals surface area contributed by atoms with Crippen LogP contribution in [0, 0.1) is 17.2 Å². The van der Waals surface area contributed by atoms with Crippen molar-refractivity contribution in [1.82, 2.24) is 4.98 Å². The highest BCUT2D eigenvalue weighted by atomic mass is 16.5.